The molecule has 0 atom stereocenters. The van der Waals surface area contributed by atoms with Crippen LogP contribution in [0.5, 0.6) is 0 Å². The monoisotopic (exact) mass is 263 g/mol. The molecule has 0 radical (unpaired) electrons. The maximum absolute atomic E-state index is 10.8. The third-order valence-corrected chi connectivity index (χ3v) is 2.71. The van der Waals surface area contributed by atoms with Gasteiger partial charge in [0.25, 0.3) is 5.69 Å². The predicted octanol–water partition coefficient (Wildman–Crippen LogP) is -1.47. The molecule has 100 valence electrons. The Morgan fingerprint density at radius 3 is 3.05 bits per heavy atom. The van der Waals surface area contributed by atoms with Crippen molar-refractivity contribution >= 4 is 23.0 Å². The maximum Gasteiger partial charge on any atom is 0.367 e. The SMILES string of the molecule is C/C(=N/NC1=[NH+]CCN1)c1ccc(N)c([N+](=O)[O-])c1. The van der Waals surface area contributed by atoms with Crippen LogP contribution in [-0.2, 0) is 0 Å². The molecule has 0 fully saturated rings. The van der Waals surface area contributed by atoms with E-state index in [0.29, 0.717) is 11.3 Å². The van der Waals surface area contributed by atoms with Crippen LogP contribution in [0.25, 0.3) is 0 Å². The lowest BCUT2D eigenvalue weighted by atomic mass is 10.1. The molecule has 0 aliphatic carbocycles. The zero-order chi connectivity index (χ0) is 13.8. The van der Waals surface area contributed by atoms with Crippen molar-refractivity contribution in [3.05, 3.63) is 33.9 Å². The first-order valence-electron chi connectivity index (χ1n) is 5.77. The molecule has 0 aromatic heterocycles. The zero-order valence-electron chi connectivity index (χ0n) is 10.4. The third kappa shape index (κ3) is 2.97. The Morgan fingerprint density at radius 1 is 1.63 bits per heavy atom. The fourth-order valence-corrected chi connectivity index (χ4v) is 1.65. The fraction of sp³-hybridized carbons (Fsp3) is 0.273. The van der Waals surface area contributed by atoms with Gasteiger partial charge in [0.2, 0.25) is 0 Å². The van der Waals surface area contributed by atoms with Gasteiger partial charge in [-0.05, 0) is 13.0 Å². The van der Waals surface area contributed by atoms with E-state index in [4.69, 9.17) is 5.73 Å². The van der Waals surface area contributed by atoms with Crippen molar-refractivity contribution in [1.29, 1.82) is 0 Å². The van der Waals surface area contributed by atoms with E-state index >= 15 is 0 Å². The van der Waals surface area contributed by atoms with Crippen LogP contribution in [0, 0.1) is 10.1 Å². The van der Waals surface area contributed by atoms with Crippen molar-refractivity contribution in [2.24, 2.45) is 5.10 Å². The number of guanidine groups is 1. The molecule has 0 amide bonds. The summed E-state index contributed by atoms with van der Waals surface area (Å²) in [5, 5.41) is 18.0. The van der Waals surface area contributed by atoms with Crippen LogP contribution in [0.15, 0.2) is 23.3 Å². The van der Waals surface area contributed by atoms with E-state index in [1.807, 2.05) is 0 Å². The number of nitrogens with one attached hydrogen (secondary N) is 3. The van der Waals surface area contributed by atoms with E-state index in [1.54, 1.807) is 13.0 Å². The zero-order valence-corrected chi connectivity index (χ0v) is 10.4. The van der Waals surface area contributed by atoms with Crippen LogP contribution >= 0.6 is 0 Å². The Morgan fingerprint density at radius 2 is 2.42 bits per heavy atom. The molecular weight excluding hydrogens is 248 g/mol. The summed E-state index contributed by atoms with van der Waals surface area (Å²) in [5.41, 5.74) is 9.67. The summed E-state index contributed by atoms with van der Waals surface area (Å²) in [6.45, 7) is 3.44. The Bertz CT molecular complexity index is 566. The highest BCUT2D eigenvalue weighted by atomic mass is 16.6. The van der Waals surface area contributed by atoms with Gasteiger partial charge in [-0.15, -0.1) is 5.10 Å². The Labute approximate surface area is 109 Å². The molecule has 0 saturated carbocycles. The molecule has 0 spiro atoms. The molecule has 1 aliphatic heterocycles. The summed E-state index contributed by atoms with van der Waals surface area (Å²) in [6, 6.07) is 4.62. The van der Waals surface area contributed by atoms with Crippen LogP contribution in [-0.4, -0.2) is 29.7 Å². The predicted molar refractivity (Wildman–Crippen MR) is 71.7 cm³/mol. The highest BCUT2D eigenvalue weighted by Gasteiger charge is 2.14. The summed E-state index contributed by atoms with van der Waals surface area (Å²) in [6.07, 6.45) is 0. The first kappa shape index (κ1) is 12.8. The second-order valence-corrected chi connectivity index (χ2v) is 4.07. The van der Waals surface area contributed by atoms with Crippen LogP contribution < -0.4 is 21.5 Å². The van der Waals surface area contributed by atoms with Crippen LogP contribution in [0.2, 0.25) is 0 Å². The molecule has 2 rings (SSSR count). The van der Waals surface area contributed by atoms with E-state index < -0.39 is 4.92 Å². The average Bonchev–Trinajstić information content (AvgIpc) is 2.89. The molecule has 1 heterocycles. The van der Waals surface area contributed by atoms with Gasteiger partial charge < -0.3 is 5.73 Å². The van der Waals surface area contributed by atoms with Gasteiger partial charge >= 0.3 is 5.96 Å². The van der Waals surface area contributed by atoms with Crippen molar-refractivity contribution in [3.63, 3.8) is 0 Å². The smallest absolute Gasteiger partial charge is 0.367 e. The lowest BCUT2D eigenvalue weighted by Crippen LogP contribution is -2.73. The first-order valence-corrected chi connectivity index (χ1v) is 5.77. The largest absolute Gasteiger partial charge is 0.393 e. The highest BCUT2D eigenvalue weighted by molar-refractivity contribution is 6.00. The summed E-state index contributed by atoms with van der Waals surface area (Å²) in [7, 11) is 0. The number of nitrogen functional groups attached to an aromatic ring is 1. The molecule has 0 bridgehead atoms. The second-order valence-electron chi connectivity index (χ2n) is 4.07. The Kier molecular flexibility index (Phi) is 3.60. The van der Waals surface area contributed by atoms with Crippen LogP contribution in [0.3, 0.4) is 0 Å². The molecule has 19 heavy (non-hydrogen) atoms. The van der Waals surface area contributed by atoms with Gasteiger partial charge in [-0.1, -0.05) is 6.07 Å². The quantitative estimate of drug-likeness (QED) is 0.230. The van der Waals surface area contributed by atoms with E-state index in [9.17, 15) is 10.1 Å². The molecule has 0 unspecified atom stereocenters. The minimum Gasteiger partial charge on any atom is -0.393 e. The highest BCUT2D eigenvalue weighted by Crippen LogP contribution is 2.22. The van der Waals surface area contributed by atoms with Gasteiger partial charge in [0, 0.05) is 11.6 Å². The minimum absolute atomic E-state index is 0.114. The number of nitro benzene ring substituents is 1. The van der Waals surface area contributed by atoms with E-state index in [0.717, 1.165) is 19.0 Å². The summed E-state index contributed by atoms with van der Waals surface area (Å²) < 4.78 is 0. The Hall–Kier alpha value is -2.64. The van der Waals surface area contributed by atoms with E-state index in [2.05, 4.69) is 20.8 Å². The molecule has 1 aliphatic rings. The summed E-state index contributed by atoms with van der Waals surface area (Å²) in [5.74, 6) is 0.726. The third-order valence-electron chi connectivity index (χ3n) is 2.71. The number of hydrogen-bond acceptors (Lipinski definition) is 6. The molecule has 0 saturated heterocycles. The van der Waals surface area contributed by atoms with Crippen LogP contribution in [0.4, 0.5) is 11.4 Å². The van der Waals surface area contributed by atoms with Gasteiger partial charge in [-0.2, -0.15) is 5.43 Å². The molecule has 1 aromatic carbocycles. The van der Waals surface area contributed by atoms with Gasteiger partial charge in [0.1, 0.15) is 5.69 Å². The summed E-state index contributed by atoms with van der Waals surface area (Å²) in [4.78, 5) is 13.4. The van der Waals surface area contributed by atoms with E-state index in [1.165, 1.54) is 12.1 Å². The van der Waals surface area contributed by atoms with Crippen LogP contribution in [0.1, 0.15) is 12.5 Å². The number of hydrazone groups is 1. The van der Waals surface area contributed by atoms with Gasteiger partial charge in [-0.3, -0.25) is 20.4 Å². The Balaban J connectivity index is 2.18. The maximum atomic E-state index is 10.8. The number of nitrogens with zero attached hydrogens (tertiary/aromatic N) is 2. The van der Waals surface area contributed by atoms with Gasteiger partial charge in [0.05, 0.1) is 23.7 Å². The number of benzene rings is 1. The van der Waals surface area contributed by atoms with Crippen molar-refractivity contribution in [2.45, 2.75) is 6.92 Å². The van der Waals surface area contributed by atoms with Gasteiger partial charge in [0.15, 0.2) is 0 Å². The van der Waals surface area contributed by atoms with E-state index in [-0.39, 0.29) is 11.4 Å². The number of anilines is 1. The number of hydrogen-bond donors (Lipinski definition) is 4. The number of rotatable bonds is 3. The van der Waals surface area contributed by atoms with Crippen molar-refractivity contribution in [3.8, 4) is 0 Å². The standard InChI is InChI=1S/C11H14N6O2/c1-7(15-16-11-13-4-5-14-11)8-2-3-9(12)10(6-8)17(18)19/h2-3,6H,4-5,12H2,1H3,(H2,13,14,16)/p+1/b15-7-. The van der Waals surface area contributed by atoms with Gasteiger partial charge in [-0.25, -0.2) is 0 Å². The number of nitrogens with two attached hydrogens (primary N) is 1. The minimum atomic E-state index is -0.506. The first-order chi connectivity index (χ1) is 9.08. The van der Waals surface area contributed by atoms with Crippen molar-refractivity contribution in [1.82, 2.24) is 10.7 Å². The molecule has 8 heteroatoms. The topological polar surface area (TPSA) is 120 Å². The lowest BCUT2D eigenvalue weighted by Gasteiger charge is -2.02. The fourth-order valence-electron chi connectivity index (χ4n) is 1.65. The van der Waals surface area contributed by atoms with Crippen molar-refractivity contribution < 1.29 is 9.92 Å². The average molecular weight is 263 g/mol. The summed E-state index contributed by atoms with van der Waals surface area (Å²) >= 11 is 0. The molecular formula is C11H15N6O2+. The molecule has 5 N–H and O–H groups in total. The second kappa shape index (κ2) is 5.34. The molecule has 8 nitrogen and oxygen atoms in total. The van der Waals surface area contributed by atoms with Crippen molar-refractivity contribution in [2.75, 3.05) is 18.8 Å². The normalized spacial score (nSPS) is 14.8. The molecule has 1 aromatic rings. The lowest BCUT2D eigenvalue weighted by molar-refractivity contribution is -0.446. The number of nitro groups is 1.